The number of nitrogens with two attached hydrogens (primary N) is 1. The molecule has 0 amide bonds. The van der Waals surface area contributed by atoms with Crippen LogP contribution in [0.25, 0.3) is 0 Å². The SMILES string of the molecule is CCOC(=O)[C@H]1COCC[C@H]1N.O=C(O)C1CCCOC1. The third kappa shape index (κ3) is 6.41. The van der Waals surface area contributed by atoms with E-state index < -0.39 is 5.97 Å². The van der Waals surface area contributed by atoms with E-state index in [4.69, 9.17) is 25.1 Å². The molecule has 21 heavy (non-hydrogen) atoms. The number of hydrogen-bond acceptors (Lipinski definition) is 6. The summed E-state index contributed by atoms with van der Waals surface area (Å²) >= 11 is 0. The number of esters is 1. The Bertz CT molecular complexity index is 329. The van der Waals surface area contributed by atoms with Crippen LogP contribution in [0.15, 0.2) is 0 Å². The van der Waals surface area contributed by atoms with E-state index in [1.165, 1.54) is 0 Å². The predicted octanol–water partition coefficient (Wildman–Crippen LogP) is 0.411. The van der Waals surface area contributed by atoms with E-state index in [1.807, 2.05) is 0 Å². The first-order chi connectivity index (χ1) is 10.1. The van der Waals surface area contributed by atoms with Crippen molar-refractivity contribution in [1.82, 2.24) is 0 Å². The average Bonchev–Trinajstić information content (AvgIpc) is 2.49. The van der Waals surface area contributed by atoms with Gasteiger partial charge in [-0.3, -0.25) is 9.59 Å². The number of carbonyl (C=O) groups excluding carboxylic acids is 1. The summed E-state index contributed by atoms with van der Waals surface area (Å²) in [4.78, 5) is 21.5. The van der Waals surface area contributed by atoms with Crippen LogP contribution >= 0.6 is 0 Å². The normalized spacial score (nSPS) is 29.0. The van der Waals surface area contributed by atoms with E-state index in [0.29, 0.717) is 26.4 Å². The van der Waals surface area contributed by atoms with Gasteiger partial charge in [0.25, 0.3) is 0 Å². The first-order valence-corrected chi connectivity index (χ1v) is 7.36. The molecule has 2 saturated heterocycles. The van der Waals surface area contributed by atoms with Crippen molar-refractivity contribution < 1.29 is 28.9 Å². The first kappa shape index (κ1) is 17.9. The lowest BCUT2D eigenvalue weighted by atomic mass is 9.97. The van der Waals surface area contributed by atoms with Crippen LogP contribution < -0.4 is 5.73 Å². The summed E-state index contributed by atoms with van der Waals surface area (Å²) in [6.45, 7) is 4.37. The fraction of sp³-hybridized carbons (Fsp3) is 0.857. The highest BCUT2D eigenvalue weighted by molar-refractivity contribution is 5.73. The van der Waals surface area contributed by atoms with Crippen molar-refractivity contribution in [2.45, 2.75) is 32.2 Å². The molecule has 0 aromatic heterocycles. The lowest BCUT2D eigenvalue weighted by molar-refractivity contribution is -0.153. The Labute approximate surface area is 124 Å². The molecule has 0 saturated carbocycles. The maximum Gasteiger partial charge on any atom is 0.312 e. The molecule has 0 spiro atoms. The van der Waals surface area contributed by atoms with Crippen LogP contribution in [0.3, 0.4) is 0 Å². The summed E-state index contributed by atoms with van der Waals surface area (Å²) in [6, 6.07) is -0.0993. The van der Waals surface area contributed by atoms with Crippen molar-refractivity contribution in [3.05, 3.63) is 0 Å². The summed E-state index contributed by atoms with van der Waals surface area (Å²) in [5, 5.41) is 8.46. The molecular formula is C14H25NO6. The van der Waals surface area contributed by atoms with Crippen molar-refractivity contribution in [3.63, 3.8) is 0 Å². The van der Waals surface area contributed by atoms with Crippen LogP contribution in [0.1, 0.15) is 26.2 Å². The summed E-state index contributed by atoms with van der Waals surface area (Å²) in [5.74, 6) is -1.48. The minimum Gasteiger partial charge on any atom is -0.481 e. The van der Waals surface area contributed by atoms with Crippen LogP contribution in [0.5, 0.6) is 0 Å². The number of ether oxygens (including phenoxy) is 3. The van der Waals surface area contributed by atoms with Gasteiger partial charge in [0.15, 0.2) is 0 Å². The summed E-state index contributed by atoms with van der Waals surface area (Å²) in [5.41, 5.74) is 5.73. The fourth-order valence-electron chi connectivity index (χ4n) is 2.18. The number of carboxylic acid groups (broad SMARTS) is 1. The Kier molecular flexibility index (Phi) is 8.26. The molecule has 7 nitrogen and oxygen atoms in total. The highest BCUT2D eigenvalue weighted by Crippen LogP contribution is 2.14. The van der Waals surface area contributed by atoms with Gasteiger partial charge in [0.05, 0.1) is 31.7 Å². The van der Waals surface area contributed by atoms with Crippen molar-refractivity contribution in [2.75, 3.05) is 33.0 Å². The quantitative estimate of drug-likeness (QED) is 0.727. The van der Waals surface area contributed by atoms with Crippen LogP contribution in [0, 0.1) is 11.8 Å². The lowest BCUT2D eigenvalue weighted by Crippen LogP contribution is -2.43. The second kappa shape index (κ2) is 9.70. The third-order valence-electron chi connectivity index (χ3n) is 3.51. The van der Waals surface area contributed by atoms with Crippen molar-refractivity contribution in [3.8, 4) is 0 Å². The molecule has 2 heterocycles. The Morgan fingerprint density at radius 2 is 1.95 bits per heavy atom. The molecule has 2 aliphatic heterocycles. The van der Waals surface area contributed by atoms with Gasteiger partial charge in [-0.25, -0.2) is 0 Å². The van der Waals surface area contributed by atoms with Gasteiger partial charge in [0.2, 0.25) is 0 Å². The van der Waals surface area contributed by atoms with Crippen LogP contribution in [-0.4, -0.2) is 56.1 Å². The molecule has 0 bridgehead atoms. The first-order valence-electron chi connectivity index (χ1n) is 7.36. The number of carboxylic acids is 1. The maximum atomic E-state index is 11.2. The Morgan fingerprint density at radius 3 is 2.43 bits per heavy atom. The second-order valence-corrected chi connectivity index (χ2v) is 5.14. The molecule has 3 atom stereocenters. The number of carbonyl (C=O) groups is 2. The zero-order chi connectivity index (χ0) is 15.7. The van der Waals surface area contributed by atoms with Gasteiger partial charge in [-0.15, -0.1) is 0 Å². The Hall–Kier alpha value is -1.18. The van der Waals surface area contributed by atoms with E-state index in [1.54, 1.807) is 6.92 Å². The summed E-state index contributed by atoms with van der Waals surface area (Å²) in [6.07, 6.45) is 2.40. The van der Waals surface area contributed by atoms with Crippen LogP contribution in [0.4, 0.5) is 0 Å². The van der Waals surface area contributed by atoms with Gasteiger partial charge in [0.1, 0.15) is 0 Å². The van der Waals surface area contributed by atoms with E-state index in [-0.39, 0.29) is 23.8 Å². The second-order valence-electron chi connectivity index (χ2n) is 5.14. The highest BCUT2D eigenvalue weighted by atomic mass is 16.5. The lowest BCUT2D eigenvalue weighted by Gasteiger charge is -2.26. The van der Waals surface area contributed by atoms with Gasteiger partial charge in [-0.1, -0.05) is 0 Å². The molecule has 122 valence electrons. The molecule has 2 fully saturated rings. The van der Waals surface area contributed by atoms with E-state index in [9.17, 15) is 9.59 Å². The smallest absolute Gasteiger partial charge is 0.312 e. The summed E-state index contributed by atoms with van der Waals surface area (Å²) < 4.78 is 15.0. The number of aliphatic carboxylic acids is 1. The zero-order valence-electron chi connectivity index (χ0n) is 12.5. The van der Waals surface area contributed by atoms with Crippen molar-refractivity contribution >= 4 is 11.9 Å². The average molecular weight is 303 g/mol. The van der Waals surface area contributed by atoms with Crippen molar-refractivity contribution in [2.24, 2.45) is 17.6 Å². The maximum absolute atomic E-state index is 11.2. The molecule has 7 heteroatoms. The van der Waals surface area contributed by atoms with Crippen molar-refractivity contribution in [1.29, 1.82) is 0 Å². The third-order valence-corrected chi connectivity index (χ3v) is 3.51. The molecular weight excluding hydrogens is 278 g/mol. The zero-order valence-corrected chi connectivity index (χ0v) is 12.5. The van der Waals surface area contributed by atoms with Crippen LogP contribution in [-0.2, 0) is 23.8 Å². The molecule has 0 aliphatic carbocycles. The fourth-order valence-corrected chi connectivity index (χ4v) is 2.18. The minimum atomic E-state index is -0.727. The van der Waals surface area contributed by atoms with Crippen LogP contribution in [0.2, 0.25) is 0 Å². The van der Waals surface area contributed by atoms with E-state index >= 15 is 0 Å². The molecule has 1 unspecified atom stereocenters. The molecule has 2 aliphatic rings. The molecule has 3 N–H and O–H groups in total. The molecule has 0 aromatic rings. The highest BCUT2D eigenvalue weighted by Gasteiger charge is 2.29. The van der Waals surface area contributed by atoms with Gasteiger partial charge >= 0.3 is 11.9 Å². The molecule has 0 radical (unpaired) electrons. The van der Waals surface area contributed by atoms with Gasteiger partial charge < -0.3 is 25.1 Å². The topological polar surface area (TPSA) is 108 Å². The summed E-state index contributed by atoms with van der Waals surface area (Å²) in [7, 11) is 0. The van der Waals surface area contributed by atoms with E-state index in [0.717, 1.165) is 25.9 Å². The van der Waals surface area contributed by atoms with Gasteiger partial charge in [-0.05, 0) is 26.2 Å². The predicted molar refractivity (Wildman–Crippen MR) is 74.7 cm³/mol. The van der Waals surface area contributed by atoms with Gasteiger partial charge in [0, 0.05) is 19.3 Å². The molecule has 2 rings (SSSR count). The van der Waals surface area contributed by atoms with E-state index in [2.05, 4.69) is 0 Å². The monoisotopic (exact) mass is 303 g/mol. The standard InChI is InChI=1S/C8H15NO3.C6H10O3/c1-2-12-8(10)6-5-11-4-3-7(6)9;7-6(8)5-2-1-3-9-4-5/h6-7H,2-5,9H2,1H3;5H,1-4H2,(H,7,8)/t6-,7+;/m0./s1. The minimum absolute atomic E-state index is 0.0993. The van der Waals surface area contributed by atoms with Gasteiger partial charge in [-0.2, -0.15) is 0 Å². The Balaban J connectivity index is 0.000000219. The number of rotatable bonds is 3. The Morgan fingerprint density at radius 1 is 1.24 bits per heavy atom. The molecule has 0 aromatic carbocycles. The largest absolute Gasteiger partial charge is 0.481 e. The number of hydrogen-bond donors (Lipinski definition) is 2.